The Bertz CT molecular complexity index is 696. The van der Waals surface area contributed by atoms with E-state index in [-0.39, 0.29) is 4.90 Å². The fourth-order valence-electron chi connectivity index (χ4n) is 1.52. The van der Waals surface area contributed by atoms with E-state index in [0.29, 0.717) is 11.6 Å². The second kappa shape index (κ2) is 5.19. The molecule has 100 valence electrons. The topological polar surface area (TPSA) is 56.3 Å². The van der Waals surface area contributed by atoms with Crippen molar-refractivity contribution >= 4 is 19.7 Å². The first-order chi connectivity index (χ1) is 8.88. The van der Waals surface area contributed by atoms with Crippen molar-refractivity contribution in [3.05, 3.63) is 47.7 Å². The Labute approximate surface area is 116 Å². The van der Waals surface area contributed by atoms with E-state index in [1.807, 2.05) is 32.0 Å². The molecule has 0 saturated heterocycles. The minimum atomic E-state index is -3.75. The molecule has 6 heteroatoms. The van der Waals surface area contributed by atoms with E-state index in [4.69, 9.17) is 15.4 Å². The highest BCUT2D eigenvalue weighted by Gasteiger charge is 2.11. The third kappa shape index (κ3) is 3.24. The maximum atomic E-state index is 11.1. The van der Waals surface area contributed by atoms with Crippen LogP contribution in [0.4, 0.5) is 0 Å². The Hall–Kier alpha value is -1.59. The summed E-state index contributed by atoms with van der Waals surface area (Å²) in [6, 6.07) is 8.52. The van der Waals surface area contributed by atoms with Crippen molar-refractivity contribution in [2.45, 2.75) is 18.7 Å². The van der Waals surface area contributed by atoms with Crippen LogP contribution < -0.4 is 4.74 Å². The van der Waals surface area contributed by atoms with Gasteiger partial charge in [0.05, 0.1) is 6.20 Å². The summed E-state index contributed by atoms with van der Waals surface area (Å²) >= 11 is 0. The zero-order valence-corrected chi connectivity index (χ0v) is 12.0. The molecule has 0 aliphatic rings. The molecule has 0 saturated carbocycles. The molecule has 2 aromatic rings. The van der Waals surface area contributed by atoms with Gasteiger partial charge in [0.2, 0.25) is 5.88 Å². The standard InChI is InChI=1S/C13H12ClNO3S/c1-9-4-3-5-12(10(9)2)18-13-7-6-11(8-15-13)19(14,16)17/h3-8H,1-2H3. The average Bonchev–Trinajstić information content (AvgIpc) is 2.35. The van der Waals surface area contributed by atoms with Gasteiger partial charge in [-0.3, -0.25) is 0 Å². The van der Waals surface area contributed by atoms with Gasteiger partial charge in [0, 0.05) is 16.7 Å². The molecule has 0 unspecified atom stereocenters. The fourth-order valence-corrected chi connectivity index (χ4v) is 2.20. The van der Waals surface area contributed by atoms with E-state index < -0.39 is 9.05 Å². The summed E-state index contributed by atoms with van der Waals surface area (Å²) in [4.78, 5) is 3.87. The third-order valence-electron chi connectivity index (χ3n) is 2.76. The lowest BCUT2D eigenvalue weighted by Gasteiger charge is -2.09. The normalized spacial score (nSPS) is 11.3. The van der Waals surface area contributed by atoms with Gasteiger partial charge in [-0.2, -0.15) is 0 Å². The van der Waals surface area contributed by atoms with Crippen molar-refractivity contribution in [2.24, 2.45) is 0 Å². The first-order valence-corrected chi connectivity index (χ1v) is 7.83. The van der Waals surface area contributed by atoms with Crippen molar-refractivity contribution in [3.8, 4) is 11.6 Å². The third-order valence-corrected chi connectivity index (χ3v) is 4.10. The second-order valence-electron chi connectivity index (χ2n) is 4.07. The van der Waals surface area contributed by atoms with Crippen LogP contribution in [0, 0.1) is 13.8 Å². The summed E-state index contributed by atoms with van der Waals surface area (Å²) < 4.78 is 27.8. The van der Waals surface area contributed by atoms with E-state index in [2.05, 4.69) is 4.98 Å². The highest BCUT2D eigenvalue weighted by Crippen LogP contribution is 2.26. The van der Waals surface area contributed by atoms with Gasteiger partial charge in [-0.15, -0.1) is 0 Å². The monoisotopic (exact) mass is 297 g/mol. The van der Waals surface area contributed by atoms with E-state index in [1.54, 1.807) is 0 Å². The first-order valence-electron chi connectivity index (χ1n) is 5.53. The smallest absolute Gasteiger partial charge is 0.262 e. The zero-order valence-electron chi connectivity index (χ0n) is 10.4. The highest BCUT2D eigenvalue weighted by atomic mass is 35.7. The number of benzene rings is 1. The summed E-state index contributed by atoms with van der Waals surface area (Å²) in [5.74, 6) is 1.01. The molecule has 4 nitrogen and oxygen atoms in total. The lowest BCUT2D eigenvalue weighted by Crippen LogP contribution is -1.95. The molecule has 2 rings (SSSR count). The summed E-state index contributed by atoms with van der Waals surface area (Å²) in [6.07, 6.45) is 1.17. The Balaban J connectivity index is 2.27. The van der Waals surface area contributed by atoms with Crippen LogP contribution in [0.25, 0.3) is 0 Å². The maximum Gasteiger partial charge on any atom is 0.262 e. The average molecular weight is 298 g/mol. The quantitative estimate of drug-likeness (QED) is 0.815. The molecule has 0 spiro atoms. The Morgan fingerprint density at radius 2 is 1.89 bits per heavy atom. The highest BCUT2D eigenvalue weighted by molar-refractivity contribution is 8.13. The fraction of sp³-hybridized carbons (Fsp3) is 0.154. The molecule has 19 heavy (non-hydrogen) atoms. The van der Waals surface area contributed by atoms with Crippen LogP contribution >= 0.6 is 10.7 Å². The van der Waals surface area contributed by atoms with Gasteiger partial charge < -0.3 is 4.74 Å². The number of rotatable bonds is 3. The van der Waals surface area contributed by atoms with E-state index in [0.717, 1.165) is 11.1 Å². The molecule has 0 bridgehead atoms. The molecule has 0 aliphatic heterocycles. The number of halogens is 1. The van der Waals surface area contributed by atoms with E-state index in [9.17, 15) is 8.42 Å². The van der Waals surface area contributed by atoms with Crippen LogP contribution in [0.15, 0.2) is 41.4 Å². The summed E-state index contributed by atoms with van der Waals surface area (Å²) in [5.41, 5.74) is 2.12. The molecular formula is C13H12ClNO3S. The first kappa shape index (κ1) is 13.8. The van der Waals surface area contributed by atoms with Gasteiger partial charge in [0.25, 0.3) is 9.05 Å². The van der Waals surface area contributed by atoms with E-state index >= 15 is 0 Å². The number of hydrogen-bond acceptors (Lipinski definition) is 4. The predicted molar refractivity (Wildman–Crippen MR) is 73.3 cm³/mol. The van der Waals surface area contributed by atoms with Gasteiger partial charge in [-0.25, -0.2) is 13.4 Å². The number of hydrogen-bond donors (Lipinski definition) is 0. The van der Waals surface area contributed by atoms with Crippen LogP contribution in [0.3, 0.4) is 0 Å². The van der Waals surface area contributed by atoms with Gasteiger partial charge in [-0.1, -0.05) is 12.1 Å². The van der Waals surface area contributed by atoms with Crippen molar-refractivity contribution in [2.75, 3.05) is 0 Å². The molecule has 0 fully saturated rings. The predicted octanol–water partition coefficient (Wildman–Crippen LogP) is 3.42. The minimum absolute atomic E-state index is 0.0533. The van der Waals surface area contributed by atoms with E-state index in [1.165, 1.54) is 18.3 Å². The SMILES string of the molecule is Cc1cccc(Oc2ccc(S(=O)(=O)Cl)cn2)c1C. The van der Waals surface area contributed by atoms with Gasteiger partial charge in [0.15, 0.2) is 0 Å². The number of ether oxygens (including phenoxy) is 1. The van der Waals surface area contributed by atoms with Crippen LogP contribution in [0.5, 0.6) is 11.6 Å². The lowest BCUT2D eigenvalue weighted by molar-refractivity contribution is 0.458. The molecule has 0 amide bonds. The molecule has 0 aliphatic carbocycles. The zero-order chi connectivity index (χ0) is 14.0. The van der Waals surface area contributed by atoms with Crippen LogP contribution in [0.1, 0.15) is 11.1 Å². The Kier molecular flexibility index (Phi) is 3.78. The number of pyridine rings is 1. The number of nitrogens with zero attached hydrogens (tertiary/aromatic N) is 1. The van der Waals surface area contributed by atoms with Crippen LogP contribution in [-0.4, -0.2) is 13.4 Å². The van der Waals surface area contributed by atoms with Crippen molar-refractivity contribution in [3.63, 3.8) is 0 Å². The largest absolute Gasteiger partial charge is 0.439 e. The molecule has 1 aromatic heterocycles. The second-order valence-corrected chi connectivity index (χ2v) is 6.64. The van der Waals surface area contributed by atoms with Crippen molar-refractivity contribution < 1.29 is 13.2 Å². The molecule has 1 heterocycles. The van der Waals surface area contributed by atoms with Crippen molar-refractivity contribution in [1.82, 2.24) is 4.98 Å². The maximum absolute atomic E-state index is 11.1. The molecule has 1 aromatic carbocycles. The van der Waals surface area contributed by atoms with Crippen LogP contribution in [-0.2, 0) is 9.05 Å². The van der Waals surface area contributed by atoms with Crippen LogP contribution in [0.2, 0.25) is 0 Å². The Morgan fingerprint density at radius 1 is 1.16 bits per heavy atom. The number of aryl methyl sites for hydroxylation is 1. The number of aromatic nitrogens is 1. The Morgan fingerprint density at radius 3 is 2.47 bits per heavy atom. The lowest BCUT2D eigenvalue weighted by atomic mass is 10.1. The summed E-state index contributed by atoms with van der Waals surface area (Å²) in [7, 11) is 1.46. The minimum Gasteiger partial charge on any atom is -0.439 e. The molecule has 0 N–H and O–H groups in total. The van der Waals surface area contributed by atoms with Gasteiger partial charge >= 0.3 is 0 Å². The summed E-state index contributed by atoms with van der Waals surface area (Å²) in [6.45, 7) is 3.93. The van der Waals surface area contributed by atoms with Gasteiger partial charge in [0.1, 0.15) is 10.6 Å². The summed E-state index contributed by atoms with van der Waals surface area (Å²) in [5, 5.41) is 0. The molecule has 0 radical (unpaired) electrons. The van der Waals surface area contributed by atoms with Gasteiger partial charge in [-0.05, 0) is 37.1 Å². The molecule has 0 atom stereocenters. The van der Waals surface area contributed by atoms with Crippen molar-refractivity contribution in [1.29, 1.82) is 0 Å². The molecular weight excluding hydrogens is 286 g/mol.